The number of sulfonamides is 1. The lowest BCUT2D eigenvalue weighted by Gasteiger charge is -2.05. The van der Waals surface area contributed by atoms with Crippen molar-refractivity contribution < 1.29 is 12.9 Å². The van der Waals surface area contributed by atoms with E-state index in [2.05, 4.69) is 20.0 Å². The van der Waals surface area contributed by atoms with E-state index in [1.165, 1.54) is 29.1 Å². The second-order valence-corrected chi connectivity index (χ2v) is 8.30. The third kappa shape index (κ3) is 4.26. The van der Waals surface area contributed by atoms with E-state index in [9.17, 15) is 8.42 Å². The molecule has 11 heteroatoms. The molecule has 158 valence electrons. The van der Waals surface area contributed by atoms with Gasteiger partial charge in [-0.3, -0.25) is 4.99 Å². The van der Waals surface area contributed by atoms with Crippen LogP contribution in [-0.4, -0.2) is 29.6 Å². The summed E-state index contributed by atoms with van der Waals surface area (Å²) in [4.78, 5) is 4.39. The summed E-state index contributed by atoms with van der Waals surface area (Å²) in [5, 5.41) is 7.91. The second-order valence-electron chi connectivity index (χ2n) is 6.62. The molecular weight excluding hydrogens is 418 g/mol. The third-order valence-electron chi connectivity index (χ3n) is 4.34. The van der Waals surface area contributed by atoms with E-state index in [1.807, 2.05) is 30.3 Å². The fourth-order valence-corrected chi connectivity index (χ4v) is 3.79. The molecule has 2 aromatic carbocycles. The molecule has 0 aliphatic heterocycles. The summed E-state index contributed by atoms with van der Waals surface area (Å²) < 4.78 is 33.6. The zero-order chi connectivity index (χ0) is 22.0. The Hall–Kier alpha value is -4.12. The highest BCUT2D eigenvalue weighted by Gasteiger charge is 2.17. The molecule has 0 aliphatic carbocycles. The van der Waals surface area contributed by atoms with Gasteiger partial charge in [-0.2, -0.15) is 0 Å². The summed E-state index contributed by atoms with van der Waals surface area (Å²) in [6.45, 7) is 1.69. The van der Waals surface area contributed by atoms with Gasteiger partial charge >= 0.3 is 0 Å². The predicted molar refractivity (Wildman–Crippen MR) is 118 cm³/mol. The van der Waals surface area contributed by atoms with E-state index in [1.54, 1.807) is 19.1 Å². The van der Waals surface area contributed by atoms with Gasteiger partial charge in [0, 0.05) is 12.3 Å². The second kappa shape index (κ2) is 7.95. The Morgan fingerprint density at radius 2 is 1.81 bits per heavy atom. The number of benzene rings is 2. The van der Waals surface area contributed by atoms with Crippen molar-refractivity contribution in [1.82, 2.24) is 14.9 Å². The van der Waals surface area contributed by atoms with Crippen molar-refractivity contribution in [1.29, 1.82) is 0 Å². The molecule has 0 radical (unpaired) electrons. The van der Waals surface area contributed by atoms with Gasteiger partial charge in [-0.1, -0.05) is 23.4 Å². The third-order valence-corrected chi connectivity index (χ3v) is 5.70. The minimum absolute atomic E-state index is 0.0426. The monoisotopic (exact) mass is 437 g/mol. The minimum Gasteiger partial charge on any atom is -0.383 e. The molecule has 2 heterocycles. The maximum atomic E-state index is 12.4. The summed E-state index contributed by atoms with van der Waals surface area (Å²) in [6.07, 6.45) is 1.50. The SMILES string of the molecule is Cc1cc(NS(=O)(=O)c2ccc(N=Cc3c(N)nn(-c4ccccc4)c3N)cc2)on1. The van der Waals surface area contributed by atoms with Crippen molar-refractivity contribution in [3.8, 4) is 5.69 Å². The number of nitrogens with zero attached hydrogens (tertiary/aromatic N) is 4. The molecule has 0 amide bonds. The van der Waals surface area contributed by atoms with Crippen molar-refractivity contribution in [2.24, 2.45) is 4.99 Å². The Labute approximate surface area is 178 Å². The van der Waals surface area contributed by atoms with Crippen molar-refractivity contribution >= 4 is 39.4 Å². The number of anilines is 3. The summed E-state index contributed by atoms with van der Waals surface area (Å²) in [5.41, 5.74) is 14.5. The van der Waals surface area contributed by atoms with Gasteiger partial charge in [-0.15, -0.1) is 5.10 Å². The summed E-state index contributed by atoms with van der Waals surface area (Å²) in [6, 6.07) is 16.8. The average Bonchev–Trinajstić information content (AvgIpc) is 3.29. The highest BCUT2D eigenvalue weighted by Crippen LogP contribution is 2.23. The number of rotatable bonds is 6. The Morgan fingerprint density at radius 3 is 2.45 bits per heavy atom. The minimum atomic E-state index is -3.81. The van der Waals surface area contributed by atoms with Crippen LogP contribution < -0.4 is 16.2 Å². The fraction of sp³-hybridized carbons (Fsp3) is 0.0500. The Kier molecular flexibility index (Phi) is 5.17. The smallest absolute Gasteiger partial charge is 0.264 e. The van der Waals surface area contributed by atoms with Crippen molar-refractivity contribution in [3.63, 3.8) is 0 Å². The van der Waals surface area contributed by atoms with Crippen LogP contribution in [0.15, 0.2) is 75.1 Å². The van der Waals surface area contributed by atoms with Crippen LogP contribution in [0.1, 0.15) is 11.3 Å². The average molecular weight is 437 g/mol. The molecule has 0 atom stereocenters. The predicted octanol–water partition coefficient (Wildman–Crippen LogP) is 2.88. The van der Waals surface area contributed by atoms with Gasteiger partial charge in [0.05, 0.1) is 27.5 Å². The normalized spacial score (nSPS) is 11.8. The molecule has 10 nitrogen and oxygen atoms in total. The van der Waals surface area contributed by atoms with Crippen LogP contribution in [0.4, 0.5) is 23.2 Å². The van der Waals surface area contributed by atoms with Gasteiger partial charge < -0.3 is 16.0 Å². The molecule has 4 aromatic rings. The summed E-state index contributed by atoms with van der Waals surface area (Å²) >= 11 is 0. The lowest BCUT2D eigenvalue weighted by Crippen LogP contribution is -2.12. The van der Waals surface area contributed by atoms with E-state index in [-0.39, 0.29) is 16.6 Å². The van der Waals surface area contributed by atoms with E-state index in [0.29, 0.717) is 22.8 Å². The molecule has 31 heavy (non-hydrogen) atoms. The van der Waals surface area contributed by atoms with Crippen molar-refractivity contribution in [2.45, 2.75) is 11.8 Å². The van der Waals surface area contributed by atoms with Crippen LogP contribution in [0.5, 0.6) is 0 Å². The summed E-state index contributed by atoms with van der Waals surface area (Å²) in [7, 11) is -3.81. The van der Waals surface area contributed by atoms with Crippen LogP contribution in [0, 0.1) is 6.92 Å². The molecule has 5 N–H and O–H groups in total. The van der Waals surface area contributed by atoms with Gasteiger partial charge in [0.15, 0.2) is 5.82 Å². The molecule has 0 unspecified atom stereocenters. The first-order valence-electron chi connectivity index (χ1n) is 9.13. The number of nitrogens with two attached hydrogens (primary N) is 2. The number of nitrogen functional groups attached to an aromatic ring is 2. The first-order chi connectivity index (χ1) is 14.8. The first kappa shape index (κ1) is 20.2. The number of para-hydroxylation sites is 1. The number of hydrogen-bond acceptors (Lipinski definition) is 8. The van der Waals surface area contributed by atoms with Gasteiger partial charge in [0.2, 0.25) is 5.88 Å². The van der Waals surface area contributed by atoms with Crippen LogP contribution in [0.3, 0.4) is 0 Å². The largest absolute Gasteiger partial charge is 0.383 e. The van der Waals surface area contributed by atoms with Crippen LogP contribution in [0.25, 0.3) is 5.69 Å². The Balaban J connectivity index is 1.54. The Bertz CT molecular complexity index is 1340. The highest BCUT2D eigenvalue weighted by atomic mass is 32.2. The van der Waals surface area contributed by atoms with Crippen molar-refractivity contribution in [3.05, 3.63) is 71.9 Å². The summed E-state index contributed by atoms with van der Waals surface area (Å²) in [5.74, 6) is 0.620. The van der Waals surface area contributed by atoms with Gasteiger partial charge in [-0.25, -0.2) is 17.8 Å². The number of aromatic nitrogens is 3. The van der Waals surface area contributed by atoms with E-state index >= 15 is 0 Å². The molecule has 0 saturated heterocycles. The number of aliphatic imine (C=N–C) groups is 1. The molecule has 2 aromatic heterocycles. The maximum absolute atomic E-state index is 12.4. The lowest BCUT2D eigenvalue weighted by atomic mass is 10.3. The maximum Gasteiger partial charge on any atom is 0.264 e. The Morgan fingerprint density at radius 1 is 1.10 bits per heavy atom. The molecule has 0 bridgehead atoms. The molecule has 4 rings (SSSR count). The quantitative estimate of drug-likeness (QED) is 0.392. The standard InChI is InChI=1S/C20H19N7O3S/c1-13-11-18(30-25-13)26-31(28,29)16-9-7-14(8-10-16)23-12-17-19(21)24-27(20(17)22)15-5-3-2-4-6-15/h2-12,26H,22H2,1H3,(H2,21,24). The van der Waals surface area contributed by atoms with Gasteiger partial charge in [0.25, 0.3) is 10.0 Å². The lowest BCUT2D eigenvalue weighted by molar-refractivity contribution is 0.430. The molecule has 0 aliphatic rings. The number of nitrogens with one attached hydrogen (secondary N) is 1. The topological polar surface area (TPSA) is 154 Å². The van der Waals surface area contributed by atoms with Crippen LogP contribution >= 0.6 is 0 Å². The van der Waals surface area contributed by atoms with Crippen LogP contribution in [0.2, 0.25) is 0 Å². The van der Waals surface area contributed by atoms with Crippen molar-refractivity contribution in [2.75, 3.05) is 16.2 Å². The van der Waals surface area contributed by atoms with Gasteiger partial charge in [0.1, 0.15) is 5.82 Å². The zero-order valence-corrected chi connectivity index (χ0v) is 17.2. The van der Waals surface area contributed by atoms with E-state index in [4.69, 9.17) is 16.0 Å². The molecule has 0 spiro atoms. The zero-order valence-electron chi connectivity index (χ0n) is 16.4. The number of aryl methyl sites for hydroxylation is 1. The first-order valence-corrected chi connectivity index (χ1v) is 10.6. The van der Waals surface area contributed by atoms with Gasteiger partial charge in [-0.05, 0) is 43.3 Å². The van der Waals surface area contributed by atoms with E-state index < -0.39 is 10.0 Å². The molecule has 0 fully saturated rings. The molecular formula is C20H19N7O3S. The molecule has 0 saturated carbocycles. The highest BCUT2D eigenvalue weighted by molar-refractivity contribution is 7.92. The number of hydrogen-bond donors (Lipinski definition) is 3. The van der Waals surface area contributed by atoms with E-state index in [0.717, 1.165) is 5.69 Å². The fourth-order valence-electron chi connectivity index (χ4n) is 2.81. The van der Waals surface area contributed by atoms with Crippen LogP contribution in [-0.2, 0) is 10.0 Å².